The third kappa shape index (κ3) is 3.17. The third-order valence-corrected chi connectivity index (χ3v) is 4.39. The normalized spacial score (nSPS) is 10.8. The van der Waals surface area contributed by atoms with Gasteiger partial charge in [0.25, 0.3) is 5.69 Å². The van der Waals surface area contributed by atoms with Crippen LogP contribution in [-0.4, -0.2) is 9.91 Å². The van der Waals surface area contributed by atoms with Crippen molar-refractivity contribution in [1.82, 2.24) is 4.98 Å². The maximum atomic E-state index is 11.1. The molecule has 0 saturated carbocycles. The largest absolute Gasteiger partial charge is 0.270 e. The average molecular weight is 340 g/mol. The minimum Gasteiger partial charge on any atom is -0.258 e. The molecule has 1 aromatic heterocycles. The van der Waals surface area contributed by atoms with Crippen LogP contribution in [0.25, 0.3) is 22.0 Å². The molecule has 4 heteroatoms. The second kappa shape index (κ2) is 6.76. The van der Waals surface area contributed by atoms with E-state index in [1.165, 1.54) is 11.6 Å². The van der Waals surface area contributed by atoms with Crippen molar-refractivity contribution in [3.63, 3.8) is 0 Å². The minimum absolute atomic E-state index is 0.0779. The number of aromatic nitrogens is 1. The first-order valence-corrected chi connectivity index (χ1v) is 8.38. The molecule has 26 heavy (non-hydrogen) atoms. The topological polar surface area (TPSA) is 56.0 Å². The standard InChI is InChI=1S/C22H16N2O2/c25-24(26)19-11-12-21-18(14-19)15-20(17-9-5-2-6-10-17)22(23-21)13-16-7-3-1-4-8-16/h1-12,14-15H,13H2. The van der Waals surface area contributed by atoms with Gasteiger partial charge in [0.2, 0.25) is 0 Å². The molecule has 0 radical (unpaired) electrons. The average Bonchev–Trinajstić information content (AvgIpc) is 2.68. The van der Waals surface area contributed by atoms with E-state index in [2.05, 4.69) is 12.1 Å². The van der Waals surface area contributed by atoms with E-state index in [0.29, 0.717) is 6.42 Å². The summed E-state index contributed by atoms with van der Waals surface area (Å²) in [7, 11) is 0. The van der Waals surface area contributed by atoms with E-state index in [9.17, 15) is 10.1 Å². The second-order valence-corrected chi connectivity index (χ2v) is 6.15. The molecule has 126 valence electrons. The van der Waals surface area contributed by atoms with Gasteiger partial charge in [-0.15, -0.1) is 0 Å². The molecule has 3 aromatic carbocycles. The fourth-order valence-electron chi connectivity index (χ4n) is 3.11. The first-order chi connectivity index (χ1) is 12.7. The summed E-state index contributed by atoms with van der Waals surface area (Å²) in [5.74, 6) is 0. The van der Waals surface area contributed by atoms with Gasteiger partial charge in [-0.05, 0) is 23.3 Å². The molecule has 0 aliphatic carbocycles. The molecule has 4 nitrogen and oxygen atoms in total. The van der Waals surface area contributed by atoms with E-state index in [1.54, 1.807) is 12.1 Å². The Bertz CT molecular complexity index is 1080. The molecule has 0 amide bonds. The van der Waals surface area contributed by atoms with Gasteiger partial charge in [-0.3, -0.25) is 15.1 Å². The highest BCUT2D eigenvalue weighted by Gasteiger charge is 2.13. The van der Waals surface area contributed by atoms with Gasteiger partial charge in [0.1, 0.15) is 0 Å². The Morgan fingerprint density at radius 1 is 0.846 bits per heavy atom. The van der Waals surface area contributed by atoms with Crippen molar-refractivity contribution in [3.05, 3.63) is 106 Å². The maximum Gasteiger partial charge on any atom is 0.270 e. The molecule has 0 atom stereocenters. The van der Waals surface area contributed by atoms with Gasteiger partial charge < -0.3 is 0 Å². The Hall–Kier alpha value is -3.53. The van der Waals surface area contributed by atoms with Crippen LogP contribution in [-0.2, 0) is 6.42 Å². The van der Waals surface area contributed by atoms with Gasteiger partial charge in [-0.25, -0.2) is 0 Å². The van der Waals surface area contributed by atoms with Crippen LogP contribution in [0.1, 0.15) is 11.3 Å². The Morgan fingerprint density at radius 2 is 1.54 bits per heavy atom. The quantitative estimate of drug-likeness (QED) is 0.369. The third-order valence-electron chi connectivity index (χ3n) is 4.39. The van der Waals surface area contributed by atoms with E-state index >= 15 is 0 Å². The number of nitro groups is 1. The molecule has 0 unspecified atom stereocenters. The Balaban J connectivity index is 1.90. The van der Waals surface area contributed by atoms with E-state index in [-0.39, 0.29) is 10.6 Å². The summed E-state index contributed by atoms with van der Waals surface area (Å²) >= 11 is 0. The van der Waals surface area contributed by atoms with Crippen LogP contribution in [0.4, 0.5) is 5.69 Å². The zero-order valence-electron chi connectivity index (χ0n) is 14.0. The Labute approximate surface area is 150 Å². The highest BCUT2D eigenvalue weighted by molar-refractivity contribution is 5.86. The predicted molar refractivity (Wildman–Crippen MR) is 103 cm³/mol. The van der Waals surface area contributed by atoms with Gasteiger partial charge in [0.15, 0.2) is 0 Å². The number of non-ortho nitro benzene ring substituents is 1. The van der Waals surface area contributed by atoms with Crippen LogP contribution in [0.15, 0.2) is 84.9 Å². The fourth-order valence-corrected chi connectivity index (χ4v) is 3.11. The zero-order chi connectivity index (χ0) is 17.9. The van der Waals surface area contributed by atoms with Gasteiger partial charge in [0.05, 0.1) is 16.1 Å². The highest BCUT2D eigenvalue weighted by atomic mass is 16.6. The summed E-state index contributed by atoms with van der Waals surface area (Å²) in [4.78, 5) is 15.5. The summed E-state index contributed by atoms with van der Waals surface area (Å²) in [6.07, 6.45) is 0.706. The lowest BCUT2D eigenvalue weighted by Crippen LogP contribution is -1.98. The van der Waals surface area contributed by atoms with Crippen molar-refractivity contribution >= 4 is 16.6 Å². The number of nitrogens with zero attached hydrogens (tertiary/aromatic N) is 2. The van der Waals surface area contributed by atoms with Crippen LogP contribution < -0.4 is 0 Å². The van der Waals surface area contributed by atoms with E-state index in [0.717, 1.165) is 27.7 Å². The van der Waals surface area contributed by atoms with Gasteiger partial charge in [0, 0.05) is 29.5 Å². The molecule has 0 aliphatic rings. The minimum atomic E-state index is -0.375. The van der Waals surface area contributed by atoms with Gasteiger partial charge in [-0.2, -0.15) is 0 Å². The fraction of sp³-hybridized carbons (Fsp3) is 0.0455. The van der Waals surface area contributed by atoms with Crippen molar-refractivity contribution in [2.75, 3.05) is 0 Å². The molecule has 0 N–H and O–H groups in total. The SMILES string of the molecule is O=[N+]([O-])c1ccc2nc(Cc3ccccc3)c(-c3ccccc3)cc2c1. The molecular formula is C22H16N2O2. The van der Waals surface area contributed by atoms with E-state index in [1.807, 2.05) is 54.6 Å². The summed E-state index contributed by atoms with van der Waals surface area (Å²) in [6.45, 7) is 0. The molecule has 0 aliphatic heterocycles. The molecule has 1 heterocycles. The number of hydrogen-bond acceptors (Lipinski definition) is 3. The highest BCUT2D eigenvalue weighted by Crippen LogP contribution is 2.30. The lowest BCUT2D eigenvalue weighted by atomic mass is 9.97. The molecule has 0 bridgehead atoms. The number of nitro benzene ring substituents is 1. The van der Waals surface area contributed by atoms with E-state index < -0.39 is 0 Å². The number of rotatable bonds is 4. The lowest BCUT2D eigenvalue weighted by molar-refractivity contribution is -0.384. The summed E-state index contributed by atoms with van der Waals surface area (Å²) in [5.41, 5.74) is 5.04. The van der Waals surface area contributed by atoms with Crippen LogP contribution in [0.2, 0.25) is 0 Å². The number of hydrogen-bond donors (Lipinski definition) is 0. The van der Waals surface area contributed by atoms with Gasteiger partial charge in [-0.1, -0.05) is 60.7 Å². The smallest absolute Gasteiger partial charge is 0.258 e. The first kappa shape index (κ1) is 16.0. The predicted octanol–water partition coefficient (Wildman–Crippen LogP) is 5.40. The second-order valence-electron chi connectivity index (χ2n) is 6.15. The van der Waals surface area contributed by atoms with Crippen molar-refractivity contribution in [1.29, 1.82) is 0 Å². The zero-order valence-corrected chi connectivity index (χ0v) is 14.0. The number of benzene rings is 3. The molecular weight excluding hydrogens is 324 g/mol. The summed E-state index contributed by atoms with van der Waals surface area (Å²) < 4.78 is 0. The lowest BCUT2D eigenvalue weighted by Gasteiger charge is -2.11. The van der Waals surface area contributed by atoms with Crippen molar-refractivity contribution < 1.29 is 4.92 Å². The monoisotopic (exact) mass is 340 g/mol. The Morgan fingerprint density at radius 3 is 2.23 bits per heavy atom. The molecule has 4 aromatic rings. The van der Waals surface area contributed by atoms with Crippen LogP contribution in [0.3, 0.4) is 0 Å². The van der Waals surface area contributed by atoms with Crippen LogP contribution in [0.5, 0.6) is 0 Å². The van der Waals surface area contributed by atoms with Crippen molar-refractivity contribution in [2.24, 2.45) is 0 Å². The molecule has 0 fully saturated rings. The molecule has 4 rings (SSSR count). The molecule has 0 spiro atoms. The van der Waals surface area contributed by atoms with Crippen molar-refractivity contribution in [3.8, 4) is 11.1 Å². The van der Waals surface area contributed by atoms with Crippen LogP contribution >= 0.6 is 0 Å². The number of fused-ring (bicyclic) bond motifs is 1. The number of pyridine rings is 1. The van der Waals surface area contributed by atoms with Crippen LogP contribution in [0, 0.1) is 10.1 Å². The first-order valence-electron chi connectivity index (χ1n) is 8.38. The molecule has 0 saturated heterocycles. The van der Waals surface area contributed by atoms with E-state index in [4.69, 9.17) is 4.98 Å². The summed E-state index contributed by atoms with van der Waals surface area (Å²) in [6, 6.07) is 27.0. The van der Waals surface area contributed by atoms with Crippen molar-refractivity contribution in [2.45, 2.75) is 6.42 Å². The Kier molecular flexibility index (Phi) is 4.15. The maximum absolute atomic E-state index is 11.1. The van der Waals surface area contributed by atoms with Gasteiger partial charge >= 0.3 is 0 Å². The summed E-state index contributed by atoms with van der Waals surface area (Å²) in [5, 5.41) is 11.9.